The first kappa shape index (κ1) is 31.9. The molecule has 0 heterocycles. The Bertz CT molecular complexity index is 1210. The molecule has 3 rings (SSSR count). The molecule has 2 unspecified atom stereocenters. The third-order valence-electron chi connectivity index (χ3n) is 6.69. The zero-order valence-electron chi connectivity index (χ0n) is 24.3. The molecule has 2 atom stereocenters. The Morgan fingerprint density at radius 2 is 0.976 bits per heavy atom. The van der Waals surface area contributed by atoms with Crippen LogP contribution < -0.4 is 9.47 Å². The van der Waals surface area contributed by atoms with Crippen LogP contribution >= 0.6 is 0 Å². The van der Waals surface area contributed by atoms with E-state index in [0.717, 1.165) is 43.2 Å². The first-order valence-electron chi connectivity index (χ1n) is 13.6. The van der Waals surface area contributed by atoms with Crippen LogP contribution in [0.5, 0.6) is 11.5 Å². The quantitative estimate of drug-likeness (QED) is 0.127. The smallest absolute Gasteiger partial charge is 0.422 e. The van der Waals surface area contributed by atoms with Gasteiger partial charge in [0.15, 0.2) is 0 Å². The Morgan fingerprint density at radius 3 is 1.31 bits per heavy atom. The molecule has 0 amide bonds. The summed E-state index contributed by atoms with van der Waals surface area (Å²) in [6.07, 6.45) is 0.746. The molecule has 1 aliphatic carbocycles. The lowest BCUT2D eigenvalue weighted by Gasteiger charge is -2.38. The van der Waals surface area contributed by atoms with Gasteiger partial charge < -0.3 is 28.4 Å². The first-order valence-corrected chi connectivity index (χ1v) is 13.6. The van der Waals surface area contributed by atoms with Crippen molar-refractivity contribution in [2.75, 3.05) is 0 Å². The number of carbonyl (C=O) groups is 4. The van der Waals surface area contributed by atoms with Gasteiger partial charge in [0.05, 0.1) is 0 Å². The highest BCUT2D eigenvalue weighted by Gasteiger charge is 2.36. The molecule has 2 aromatic rings. The van der Waals surface area contributed by atoms with Gasteiger partial charge in [-0.05, 0) is 62.1 Å². The summed E-state index contributed by atoms with van der Waals surface area (Å²) >= 11 is 0. The van der Waals surface area contributed by atoms with Crippen molar-refractivity contribution >= 4 is 24.2 Å². The van der Waals surface area contributed by atoms with Crippen LogP contribution in [-0.4, -0.2) is 36.8 Å². The first-order chi connectivity index (χ1) is 19.9. The zero-order chi connectivity index (χ0) is 30.9. The van der Waals surface area contributed by atoms with E-state index in [0.29, 0.717) is 0 Å². The highest BCUT2D eigenvalue weighted by molar-refractivity contribution is 5.87. The molecule has 224 valence electrons. The Labute approximate surface area is 245 Å². The third-order valence-corrected chi connectivity index (χ3v) is 6.69. The van der Waals surface area contributed by atoms with Crippen molar-refractivity contribution in [3.8, 4) is 11.5 Å². The van der Waals surface area contributed by atoms with E-state index in [1.54, 1.807) is 24.3 Å². The highest BCUT2D eigenvalue weighted by atomic mass is 16.8. The average molecular weight is 581 g/mol. The van der Waals surface area contributed by atoms with Crippen LogP contribution in [0.15, 0.2) is 72.8 Å². The average Bonchev–Trinajstić information content (AvgIpc) is 2.93. The summed E-state index contributed by atoms with van der Waals surface area (Å²) in [5, 5.41) is 0. The van der Waals surface area contributed by atoms with Crippen molar-refractivity contribution in [2.24, 2.45) is 0 Å². The summed E-state index contributed by atoms with van der Waals surface area (Å²) in [4.78, 5) is 47.5. The molecule has 10 heteroatoms. The SMILES string of the molecule is C=C(C)C(=O)OC(C)OC(=O)Oc1ccc(C2(c3ccc(OC(=O)OC(C)OC(=O)C(=C)C)cc3)CCCCC2)cc1. The van der Waals surface area contributed by atoms with Crippen molar-refractivity contribution in [1.29, 1.82) is 0 Å². The van der Waals surface area contributed by atoms with E-state index >= 15 is 0 Å². The molecule has 0 aliphatic heterocycles. The second-order valence-electron chi connectivity index (χ2n) is 10.1. The molecule has 0 radical (unpaired) electrons. The normalized spacial score (nSPS) is 15.2. The molecule has 2 aromatic carbocycles. The van der Waals surface area contributed by atoms with E-state index < -0.39 is 36.8 Å². The lowest BCUT2D eigenvalue weighted by Crippen LogP contribution is -2.30. The predicted octanol–water partition coefficient (Wildman–Crippen LogP) is 6.90. The molecule has 10 nitrogen and oxygen atoms in total. The largest absolute Gasteiger partial charge is 0.516 e. The molecule has 0 N–H and O–H groups in total. The van der Waals surface area contributed by atoms with Crippen molar-refractivity contribution in [1.82, 2.24) is 0 Å². The van der Waals surface area contributed by atoms with E-state index in [2.05, 4.69) is 13.2 Å². The summed E-state index contributed by atoms with van der Waals surface area (Å²) < 4.78 is 30.3. The van der Waals surface area contributed by atoms with Crippen LogP contribution in [0.25, 0.3) is 0 Å². The molecule has 1 aliphatic rings. The van der Waals surface area contributed by atoms with E-state index in [4.69, 9.17) is 28.4 Å². The third kappa shape index (κ3) is 8.70. The number of hydrogen-bond acceptors (Lipinski definition) is 10. The lowest BCUT2D eigenvalue weighted by atomic mass is 9.65. The fourth-order valence-corrected chi connectivity index (χ4v) is 4.65. The minimum Gasteiger partial charge on any atom is -0.422 e. The van der Waals surface area contributed by atoms with Crippen LogP contribution in [0.2, 0.25) is 0 Å². The van der Waals surface area contributed by atoms with Gasteiger partial charge in [-0.2, -0.15) is 0 Å². The molecule has 0 aromatic heterocycles. The predicted molar refractivity (Wildman–Crippen MR) is 152 cm³/mol. The number of rotatable bonds is 10. The van der Waals surface area contributed by atoms with E-state index in [1.807, 2.05) is 24.3 Å². The van der Waals surface area contributed by atoms with Crippen molar-refractivity contribution in [3.05, 3.63) is 84.0 Å². The van der Waals surface area contributed by atoms with Crippen LogP contribution in [0.3, 0.4) is 0 Å². The number of carbonyl (C=O) groups excluding carboxylic acids is 4. The van der Waals surface area contributed by atoms with E-state index in [1.165, 1.54) is 27.7 Å². The van der Waals surface area contributed by atoms with E-state index in [9.17, 15) is 19.2 Å². The van der Waals surface area contributed by atoms with Gasteiger partial charge in [-0.1, -0.05) is 56.7 Å². The van der Waals surface area contributed by atoms with Crippen LogP contribution in [0.1, 0.15) is 70.9 Å². The molecular formula is C32H36O10. The summed E-state index contributed by atoms with van der Waals surface area (Å²) in [6.45, 7) is 12.7. The Hall–Kier alpha value is -4.60. The van der Waals surface area contributed by atoms with E-state index in [-0.39, 0.29) is 28.1 Å². The summed E-state index contributed by atoms with van der Waals surface area (Å²) in [5.74, 6) is -0.793. The topological polar surface area (TPSA) is 124 Å². The second kappa shape index (κ2) is 14.3. The fourth-order valence-electron chi connectivity index (χ4n) is 4.65. The van der Waals surface area contributed by atoms with Gasteiger partial charge in [0.2, 0.25) is 12.6 Å². The van der Waals surface area contributed by atoms with Crippen LogP contribution in [-0.2, 0) is 34.0 Å². The maximum absolute atomic E-state index is 12.2. The standard InChI is InChI=1S/C32H36O10/c1-20(2)28(33)37-22(5)39-30(35)41-26-14-10-24(11-15-26)32(18-8-7-9-19-32)25-12-16-27(17-13-25)42-31(36)40-23(6)38-29(34)21(3)4/h10-17,22-23H,1,3,7-9,18-19H2,2,4-6H3. The second-order valence-corrected chi connectivity index (χ2v) is 10.1. The molecule has 42 heavy (non-hydrogen) atoms. The minimum atomic E-state index is -1.14. The monoisotopic (exact) mass is 580 g/mol. The van der Waals surface area contributed by atoms with Gasteiger partial charge in [-0.25, -0.2) is 19.2 Å². The number of ether oxygens (including phenoxy) is 6. The maximum Gasteiger partial charge on any atom is 0.516 e. The Balaban J connectivity index is 1.66. The summed E-state index contributed by atoms with van der Waals surface area (Å²) in [7, 11) is 0. The van der Waals surface area contributed by atoms with Crippen molar-refractivity contribution in [3.63, 3.8) is 0 Å². The van der Waals surface area contributed by atoms with Gasteiger partial charge in [-0.3, -0.25) is 0 Å². The maximum atomic E-state index is 12.2. The summed E-state index contributed by atoms with van der Waals surface area (Å²) in [6, 6.07) is 14.4. The molecule has 1 fully saturated rings. The minimum absolute atomic E-state index is 0.184. The Morgan fingerprint density at radius 1 is 0.619 bits per heavy atom. The summed E-state index contributed by atoms with van der Waals surface area (Å²) in [5.41, 5.74) is 2.18. The molecular weight excluding hydrogens is 544 g/mol. The number of esters is 2. The fraction of sp³-hybridized carbons (Fsp3) is 0.375. The van der Waals surface area contributed by atoms with Crippen molar-refractivity contribution < 1.29 is 47.6 Å². The zero-order valence-corrected chi connectivity index (χ0v) is 24.3. The van der Waals surface area contributed by atoms with Gasteiger partial charge in [-0.15, -0.1) is 0 Å². The number of hydrogen-bond donors (Lipinski definition) is 0. The van der Waals surface area contributed by atoms with Gasteiger partial charge in [0.1, 0.15) is 11.5 Å². The van der Waals surface area contributed by atoms with Crippen LogP contribution in [0, 0.1) is 0 Å². The molecule has 0 saturated heterocycles. The molecule has 1 saturated carbocycles. The highest BCUT2D eigenvalue weighted by Crippen LogP contribution is 2.45. The van der Waals surface area contributed by atoms with Gasteiger partial charge >= 0.3 is 24.2 Å². The van der Waals surface area contributed by atoms with Crippen LogP contribution in [0.4, 0.5) is 9.59 Å². The number of benzene rings is 2. The van der Waals surface area contributed by atoms with Gasteiger partial charge in [0, 0.05) is 30.4 Å². The Kier molecular flexibility index (Phi) is 10.9. The van der Waals surface area contributed by atoms with Gasteiger partial charge in [0.25, 0.3) is 0 Å². The molecule has 0 spiro atoms. The molecule has 0 bridgehead atoms. The van der Waals surface area contributed by atoms with Crippen molar-refractivity contribution in [2.45, 2.75) is 77.8 Å². The lowest BCUT2D eigenvalue weighted by molar-refractivity contribution is -0.163.